The number of carbonyl (C=O) groups is 1. The Kier molecular flexibility index (Phi) is 6.19. The molecule has 1 aromatic carbocycles. The van der Waals surface area contributed by atoms with Gasteiger partial charge in [-0.15, -0.1) is 0 Å². The topological polar surface area (TPSA) is 60.5 Å². The summed E-state index contributed by atoms with van der Waals surface area (Å²) in [6, 6.07) is 14.4. The normalized spacial score (nSPS) is 20.3. The summed E-state index contributed by atoms with van der Waals surface area (Å²) in [5, 5.41) is 6.66. The number of amides is 1. The minimum Gasteiger partial charge on any atom is -0.353 e. The maximum absolute atomic E-state index is 12.8. The van der Waals surface area contributed by atoms with Crippen molar-refractivity contribution in [3.63, 3.8) is 0 Å². The summed E-state index contributed by atoms with van der Waals surface area (Å²) in [6.45, 7) is 6.41. The molecule has 0 aliphatic carbocycles. The molecule has 2 aliphatic heterocycles. The van der Waals surface area contributed by atoms with Crippen LogP contribution in [0.25, 0.3) is 0 Å². The van der Waals surface area contributed by atoms with Crippen LogP contribution in [0.4, 0.5) is 5.82 Å². The minimum atomic E-state index is -0.0305. The van der Waals surface area contributed by atoms with E-state index in [4.69, 9.17) is 0 Å². The third kappa shape index (κ3) is 4.51. The zero-order valence-electron chi connectivity index (χ0n) is 16.3. The molecule has 1 aromatic heterocycles. The van der Waals surface area contributed by atoms with Gasteiger partial charge in [0.2, 0.25) is 0 Å². The second-order valence-corrected chi connectivity index (χ2v) is 7.54. The summed E-state index contributed by atoms with van der Waals surface area (Å²) in [5.74, 6) is 0.751. The highest BCUT2D eigenvalue weighted by Gasteiger charge is 2.25. The molecule has 6 nitrogen and oxygen atoms in total. The first kappa shape index (κ1) is 18.9. The Labute approximate surface area is 166 Å². The average Bonchev–Trinajstić information content (AvgIpc) is 3.28. The average molecular weight is 380 g/mol. The van der Waals surface area contributed by atoms with E-state index >= 15 is 0 Å². The Bertz CT molecular complexity index is 776. The molecule has 2 saturated heterocycles. The van der Waals surface area contributed by atoms with Crippen LogP contribution in [0.5, 0.6) is 0 Å². The fourth-order valence-electron chi connectivity index (χ4n) is 4.11. The van der Waals surface area contributed by atoms with E-state index < -0.39 is 0 Å². The van der Waals surface area contributed by atoms with E-state index in [1.165, 1.54) is 18.4 Å². The maximum Gasteiger partial charge on any atom is 0.255 e. The van der Waals surface area contributed by atoms with E-state index in [0.29, 0.717) is 12.1 Å². The van der Waals surface area contributed by atoms with Gasteiger partial charge < -0.3 is 20.4 Å². The monoisotopic (exact) mass is 379 g/mol. The number of anilines is 1. The Morgan fingerprint density at radius 2 is 1.93 bits per heavy atom. The molecule has 6 heteroatoms. The lowest BCUT2D eigenvalue weighted by molar-refractivity contribution is 0.0950. The number of benzene rings is 1. The molecule has 0 saturated carbocycles. The number of rotatable bonds is 6. The number of aromatic nitrogens is 1. The summed E-state index contributed by atoms with van der Waals surface area (Å²) in [6.07, 6.45) is 4.31. The smallest absolute Gasteiger partial charge is 0.255 e. The Hall–Kier alpha value is -2.44. The molecular formula is C22H29N5O. The first-order valence-corrected chi connectivity index (χ1v) is 10.3. The highest BCUT2D eigenvalue weighted by atomic mass is 16.1. The molecule has 0 bridgehead atoms. The molecule has 2 N–H and O–H groups in total. The molecule has 0 spiro atoms. The molecule has 28 heavy (non-hydrogen) atoms. The van der Waals surface area contributed by atoms with Crippen LogP contribution in [0.3, 0.4) is 0 Å². The lowest BCUT2D eigenvalue weighted by Crippen LogP contribution is -2.47. The Morgan fingerprint density at radius 3 is 2.75 bits per heavy atom. The third-order valence-corrected chi connectivity index (χ3v) is 5.62. The van der Waals surface area contributed by atoms with E-state index in [2.05, 4.69) is 49.7 Å². The fraction of sp³-hybridized carbons (Fsp3) is 0.455. The highest BCUT2D eigenvalue weighted by Crippen LogP contribution is 2.23. The van der Waals surface area contributed by atoms with Crippen LogP contribution in [-0.4, -0.2) is 61.6 Å². The van der Waals surface area contributed by atoms with Crippen molar-refractivity contribution >= 4 is 11.7 Å². The highest BCUT2D eigenvalue weighted by molar-refractivity contribution is 5.98. The summed E-state index contributed by atoms with van der Waals surface area (Å²) < 4.78 is 0. The van der Waals surface area contributed by atoms with E-state index in [-0.39, 0.29) is 11.9 Å². The predicted molar refractivity (Wildman–Crippen MR) is 112 cm³/mol. The Morgan fingerprint density at radius 1 is 1.11 bits per heavy atom. The number of hydrogen-bond acceptors (Lipinski definition) is 5. The predicted octanol–water partition coefficient (Wildman–Crippen LogP) is 2.06. The van der Waals surface area contributed by atoms with Gasteiger partial charge in [-0.1, -0.05) is 30.3 Å². The molecule has 1 unspecified atom stereocenters. The maximum atomic E-state index is 12.8. The zero-order chi connectivity index (χ0) is 19.2. The van der Waals surface area contributed by atoms with Crippen molar-refractivity contribution in [2.24, 2.45) is 0 Å². The van der Waals surface area contributed by atoms with E-state index in [1.54, 1.807) is 6.20 Å². The largest absolute Gasteiger partial charge is 0.353 e. The molecule has 2 fully saturated rings. The molecule has 2 aromatic rings. The molecule has 148 valence electrons. The number of carbonyl (C=O) groups excluding carboxylic acids is 1. The second kappa shape index (κ2) is 9.17. The van der Waals surface area contributed by atoms with Crippen LogP contribution in [0, 0.1) is 0 Å². The Balaban J connectivity index is 1.42. The van der Waals surface area contributed by atoms with Crippen LogP contribution in [-0.2, 0) is 0 Å². The van der Waals surface area contributed by atoms with Gasteiger partial charge in [0.15, 0.2) is 0 Å². The van der Waals surface area contributed by atoms with Gasteiger partial charge in [0.1, 0.15) is 5.82 Å². The van der Waals surface area contributed by atoms with Crippen LogP contribution >= 0.6 is 0 Å². The number of piperazine rings is 1. The summed E-state index contributed by atoms with van der Waals surface area (Å²) in [4.78, 5) is 22.0. The van der Waals surface area contributed by atoms with Gasteiger partial charge >= 0.3 is 0 Å². The fourth-order valence-corrected chi connectivity index (χ4v) is 4.11. The van der Waals surface area contributed by atoms with E-state index in [1.807, 2.05) is 18.2 Å². The third-order valence-electron chi connectivity index (χ3n) is 5.62. The van der Waals surface area contributed by atoms with Crippen molar-refractivity contribution in [3.05, 3.63) is 59.8 Å². The first-order chi connectivity index (χ1) is 13.8. The van der Waals surface area contributed by atoms with Crippen molar-refractivity contribution < 1.29 is 4.79 Å². The van der Waals surface area contributed by atoms with Gasteiger partial charge in [0.25, 0.3) is 5.91 Å². The van der Waals surface area contributed by atoms with Gasteiger partial charge in [0, 0.05) is 45.0 Å². The van der Waals surface area contributed by atoms with E-state index in [0.717, 1.165) is 45.1 Å². The quantitative estimate of drug-likeness (QED) is 0.805. The first-order valence-electron chi connectivity index (χ1n) is 10.3. The summed E-state index contributed by atoms with van der Waals surface area (Å²) in [7, 11) is 0. The van der Waals surface area contributed by atoms with Gasteiger partial charge in [-0.2, -0.15) is 0 Å². The lowest BCUT2D eigenvalue weighted by Gasteiger charge is -2.35. The van der Waals surface area contributed by atoms with Crippen molar-refractivity contribution in [3.8, 4) is 0 Å². The van der Waals surface area contributed by atoms with Gasteiger partial charge in [-0.25, -0.2) is 4.98 Å². The van der Waals surface area contributed by atoms with Crippen molar-refractivity contribution in [1.29, 1.82) is 0 Å². The molecular weight excluding hydrogens is 350 g/mol. The zero-order valence-corrected chi connectivity index (χ0v) is 16.3. The molecule has 3 heterocycles. The van der Waals surface area contributed by atoms with Crippen molar-refractivity contribution in [1.82, 2.24) is 20.5 Å². The van der Waals surface area contributed by atoms with Crippen LogP contribution in [0.15, 0.2) is 48.7 Å². The van der Waals surface area contributed by atoms with Crippen LogP contribution in [0.1, 0.15) is 34.8 Å². The standard InChI is InChI=1S/C22H29N5O/c28-22(25-11-15-26-13-4-5-14-26)19-9-6-10-24-21(19)27-16-12-23-20(17-27)18-7-2-1-3-8-18/h1-3,6-10,20,23H,4-5,11-17H2,(H,25,28). The molecule has 1 atom stereocenters. The minimum absolute atomic E-state index is 0.0305. The van der Waals surface area contributed by atoms with Gasteiger partial charge in [0.05, 0.1) is 5.56 Å². The van der Waals surface area contributed by atoms with Crippen LogP contribution < -0.4 is 15.5 Å². The van der Waals surface area contributed by atoms with Crippen molar-refractivity contribution in [2.45, 2.75) is 18.9 Å². The second-order valence-electron chi connectivity index (χ2n) is 7.54. The van der Waals surface area contributed by atoms with Gasteiger partial charge in [-0.05, 0) is 43.6 Å². The number of nitrogens with zero attached hydrogens (tertiary/aromatic N) is 3. The van der Waals surface area contributed by atoms with E-state index in [9.17, 15) is 4.79 Å². The molecule has 2 aliphatic rings. The number of likely N-dealkylation sites (tertiary alicyclic amines) is 1. The lowest BCUT2D eigenvalue weighted by atomic mass is 10.0. The SMILES string of the molecule is O=C(NCCN1CCCC1)c1cccnc1N1CCNC(c2ccccc2)C1. The van der Waals surface area contributed by atoms with Crippen LogP contribution in [0.2, 0.25) is 0 Å². The van der Waals surface area contributed by atoms with Crippen molar-refractivity contribution in [2.75, 3.05) is 50.7 Å². The van der Waals surface area contributed by atoms with Gasteiger partial charge in [-0.3, -0.25) is 4.79 Å². The molecule has 1 amide bonds. The molecule has 4 rings (SSSR count). The molecule has 0 radical (unpaired) electrons. The number of pyridine rings is 1. The summed E-state index contributed by atoms with van der Waals surface area (Å²) in [5.41, 5.74) is 1.93. The number of nitrogens with one attached hydrogen (secondary N) is 2. The number of hydrogen-bond donors (Lipinski definition) is 2. The summed E-state index contributed by atoms with van der Waals surface area (Å²) >= 11 is 0.